The summed E-state index contributed by atoms with van der Waals surface area (Å²) in [7, 11) is 0. The van der Waals surface area contributed by atoms with Gasteiger partial charge in [-0.2, -0.15) is 5.26 Å². The number of rotatable bonds is 3. The van der Waals surface area contributed by atoms with Gasteiger partial charge in [0.25, 0.3) is 0 Å². The smallest absolute Gasteiger partial charge is 0.216 e. The second kappa shape index (κ2) is 6.53. The van der Waals surface area contributed by atoms with E-state index in [-0.39, 0.29) is 17.2 Å². The van der Waals surface area contributed by atoms with Crippen LogP contribution in [-0.2, 0) is 4.79 Å². The Kier molecular flexibility index (Phi) is 4.73. The fourth-order valence-corrected chi connectivity index (χ4v) is 2.58. The van der Waals surface area contributed by atoms with Crippen molar-refractivity contribution in [2.75, 3.05) is 24.5 Å². The van der Waals surface area contributed by atoms with Gasteiger partial charge in [-0.15, -0.1) is 0 Å². The second-order valence-corrected chi connectivity index (χ2v) is 5.27. The van der Waals surface area contributed by atoms with Gasteiger partial charge >= 0.3 is 0 Å². The SMILES string of the molecule is CC(=O)NCC1CCN(c2c(F)cc(C#N)cc2F)CC1. The van der Waals surface area contributed by atoms with Crippen LogP contribution in [0.2, 0.25) is 0 Å². The zero-order valence-corrected chi connectivity index (χ0v) is 11.8. The molecule has 1 fully saturated rings. The van der Waals surface area contributed by atoms with Crippen molar-refractivity contribution in [1.29, 1.82) is 5.26 Å². The topological polar surface area (TPSA) is 56.1 Å². The Morgan fingerprint density at radius 2 is 1.95 bits per heavy atom. The van der Waals surface area contributed by atoms with Gasteiger partial charge in [0.15, 0.2) is 11.6 Å². The molecule has 1 aromatic carbocycles. The Labute approximate surface area is 122 Å². The van der Waals surface area contributed by atoms with E-state index in [9.17, 15) is 13.6 Å². The lowest BCUT2D eigenvalue weighted by molar-refractivity contribution is -0.119. The van der Waals surface area contributed by atoms with Crippen LogP contribution < -0.4 is 10.2 Å². The molecule has 0 radical (unpaired) electrons. The average Bonchev–Trinajstić information content (AvgIpc) is 2.45. The number of carbonyl (C=O) groups is 1. The highest BCUT2D eigenvalue weighted by Crippen LogP contribution is 2.29. The molecule has 1 saturated heterocycles. The van der Waals surface area contributed by atoms with Crippen molar-refractivity contribution >= 4 is 11.6 Å². The lowest BCUT2D eigenvalue weighted by Gasteiger charge is -2.34. The zero-order valence-electron chi connectivity index (χ0n) is 11.8. The minimum absolute atomic E-state index is 0.0192. The van der Waals surface area contributed by atoms with Crippen LogP contribution in [0.5, 0.6) is 0 Å². The van der Waals surface area contributed by atoms with Gasteiger partial charge in [0.1, 0.15) is 5.69 Å². The molecular weight excluding hydrogens is 276 g/mol. The van der Waals surface area contributed by atoms with Crippen LogP contribution >= 0.6 is 0 Å². The van der Waals surface area contributed by atoms with Gasteiger partial charge in [-0.3, -0.25) is 4.79 Å². The molecule has 0 atom stereocenters. The minimum atomic E-state index is -0.702. The molecule has 21 heavy (non-hydrogen) atoms. The lowest BCUT2D eigenvalue weighted by atomic mass is 9.96. The van der Waals surface area contributed by atoms with Crippen LogP contribution in [0, 0.1) is 28.9 Å². The molecule has 0 aromatic heterocycles. The molecule has 0 unspecified atom stereocenters. The first-order valence-electron chi connectivity index (χ1n) is 6.89. The monoisotopic (exact) mass is 293 g/mol. The number of amides is 1. The number of halogens is 2. The first-order valence-corrected chi connectivity index (χ1v) is 6.89. The summed E-state index contributed by atoms with van der Waals surface area (Å²) in [5.74, 6) is -1.14. The van der Waals surface area contributed by atoms with Crippen molar-refractivity contribution in [2.45, 2.75) is 19.8 Å². The van der Waals surface area contributed by atoms with E-state index >= 15 is 0 Å². The predicted octanol–water partition coefficient (Wildman–Crippen LogP) is 2.19. The predicted molar refractivity (Wildman–Crippen MR) is 74.7 cm³/mol. The summed E-state index contributed by atoms with van der Waals surface area (Å²) in [4.78, 5) is 12.5. The molecule has 1 aliphatic heterocycles. The van der Waals surface area contributed by atoms with Gasteiger partial charge in [-0.05, 0) is 30.9 Å². The number of nitrogens with zero attached hydrogens (tertiary/aromatic N) is 2. The number of hydrogen-bond donors (Lipinski definition) is 1. The molecule has 112 valence electrons. The van der Waals surface area contributed by atoms with Gasteiger partial charge in [0.2, 0.25) is 5.91 Å². The maximum absolute atomic E-state index is 13.9. The molecule has 0 aliphatic carbocycles. The Morgan fingerprint density at radius 3 is 2.43 bits per heavy atom. The van der Waals surface area contributed by atoms with Gasteiger partial charge < -0.3 is 10.2 Å². The number of benzene rings is 1. The zero-order chi connectivity index (χ0) is 15.4. The normalized spacial score (nSPS) is 15.6. The van der Waals surface area contributed by atoms with Crippen LogP contribution in [0.15, 0.2) is 12.1 Å². The van der Waals surface area contributed by atoms with E-state index in [1.54, 1.807) is 11.0 Å². The van der Waals surface area contributed by atoms with Crippen LogP contribution in [0.25, 0.3) is 0 Å². The summed E-state index contributed by atoms with van der Waals surface area (Å²) < 4.78 is 27.9. The molecule has 6 heteroatoms. The molecular formula is C15H17F2N3O. The maximum Gasteiger partial charge on any atom is 0.216 e. The van der Waals surface area contributed by atoms with Crippen molar-refractivity contribution in [3.8, 4) is 6.07 Å². The average molecular weight is 293 g/mol. The lowest BCUT2D eigenvalue weighted by Crippen LogP contribution is -2.39. The summed E-state index contributed by atoms with van der Waals surface area (Å²) in [5, 5.41) is 11.5. The van der Waals surface area contributed by atoms with Crippen molar-refractivity contribution in [1.82, 2.24) is 5.32 Å². The summed E-state index contributed by atoms with van der Waals surface area (Å²) in [6.45, 7) is 3.13. The van der Waals surface area contributed by atoms with E-state index in [1.807, 2.05) is 0 Å². The Balaban J connectivity index is 2.03. The van der Waals surface area contributed by atoms with Crippen LogP contribution in [0.4, 0.5) is 14.5 Å². The van der Waals surface area contributed by atoms with E-state index in [0.29, 0.717) is 25.6 Å². The molecule has 1 aromatic rings. The molecule has 4 nitrogen and oxygen atoms in total. The van der Waals surface area contributed by atoms with Crippen molar-refractivity contribution in [2.24, 2.45) is 5.92 Å². The molecule has 0 saturated carbocycles. The van der Waals surface area contributed by atoms with Crippen LogP contribution in [-0.4, -0.2) is 25.5 Å². The minimum Gasteiger partial charge on any atom is -0.367 e. The number of piperidine rings is 1. The van der Waals surface area contributed by atoms with Crippen molar-refractivity contribution in [3.05, 3.63) is 29.3 Å². The fraction of sp³-hybridized carbons (Fsp3) is 0.467. The van der Waals surface area contributed by atoms with Crippen LogP contribution in [0.3, 0.4) is 0 Å². The van der Waals surface area contributed by atoms with Gasteiger partial charge in [-0.1, -0.05) is 0 Å². The van der Waals surface area contributed by atoms with Gasteiger partial charge in [-0.25, -0.2) is 8.78 Å². The van der Waals surface area contributed by atoms with E-state index in [2.05, 4.69) is 5.32 Å². The number of anilines is 1. The number of carbonyl (C=O) groups excluding carboxylic acids is 1. The van der Waals surface area contributed by atoms with E-state index < -0.39 is 11.6 Å². The van der Waals surface area contributed by atoms with E-state index in [4.69, 9.17) is 5.26 Å². The highest BCUT2D eigenvalue weighted by molar-refractivity contribution is 5.72. The molecule has 2 rings (SSSR count). The highest BCUT2D eigenvalue weighted by atomic mass is 19.1. The largest absolute Gasteiger partial charge is 0.367 e. The Hall–Kier alpha value is -2.16. The molecule has 1 aliphatic rings. The highest BCUT2D eigenvalue weighted by Gasteiger charge is 2.24. The Morgan fingerprint density at radius 1 is 1.38 bits per heavy atom. The number of hydrogen-bond acceptors (Lipinski definition) is 3. The third-order valence-electron chi connectivity index (χ3n) is 3.72. The quantitative estimate of drug-likeness (QED) is 0.929. The summed E-state index contributed by atoms with van der Waals surface area (Å²) in [6, 6.07) is 3.85. The first kappa shape index (κ1) is 15.2. The summed E-state index contributed by atoms with van der Waals surface area (Å²) in [6.07, 6.45) is 1.53. The maximum atomic E-state index is 13.9. The van der Waals surface area contributed by atoms with E-state index in [0.717, 1.165) is 25.0 Å². The van der Waals surface area contributed by atoms with Gasteiger partial charge in [0, 0.05) is 26.6 Å². The second-order valence-electron chi connectivity index (χ2n) is 5.27. The Bertz CT molecular complexity index is 552. The van der Waals surface area contributed by atoms with Crippen molar-refractivity contribution < 1.29 is 13.6 Å². The van der Waals surface area contributed by atoms with Crippen molar-refractivity contribution in [3.63, 3.8) is 0 Å². The van der Waals surface area contributed by atoms with Crippen LogP contribution in [0.1, 0.15) is 25.3 Å². The van der Waals surface area contributed by atoms with Gasteiger partial charge in [0.05, 0.1) is 11.6 Å². The number of nitriles is 1. The molecule has 1 amide bonds. The fourth-order valence-electron chi connectivity index (χ4n) is 2.58. The molecule has 0 bridgehead atoms. The molecule has 1 N–H and O–H groups in total. The molecule has 1 heterocycles. The first-order chi connectivity index (χ1) is 10.0. The standard InChI is InChI=1S/C15H17F2N3O/c1-10(21)19-9-11-2-4-20(5-3-11)15-13(16)6-12(8-18)7-14(15)17/h6-7,11H,2-5,9H2,1H3,(H,19,21). The third kappa shape index (κ3) is 3.69. The third-order valence-corrected chi connectivity index (χ3v) is 3.72. The van der Waals surface area contributed by atoms with E-state index in [1.165, 1.54) is 6.92 Å². The summed E-state index contributed by atoms with van der Waals surface area (Å²) >= 11 is 0. The summed E-state index contributed by atoms with van der Waals surface area (Å²) in [5.41, 5.74) is -0.0822. The number of nitrogens with one attached hydrogen (secondary N) is 1. The molecule has 0 spiro atoms.